The van der Waals surface area contributed by atoms with Crippen molar-refractivity contribution in [1.29, 1.82) is 0 Å². The van der Waals surface area contributed by atoms with Gasteiger partial charge in [0.2, 0.25) is 0 Å². The molecule has 0 amide bonds. The van der Waals surface area contributed by atoms with Gasteiger partial charge in [-0.15, -0.1) is 0 Å². The lowest BCUT2D eigenvalue weighted by Crippen LogP contribution is -2.42. The van der Waals surface area contributed by atoms with Crippen LogP contribution in [0.3, 0.4) is 0 Å². The third-order valence-electron chi connectivity index (χ3n) is 6.43. The summed E-state index contributed by atoms with van der Waals surface area (Å²) in [6.45, 7) is 2.49. The maximum atomic E-state index is 14.0. The van der Waals surface area contributed by atoms with Gasteiger partial charge in [-0.1, -0.05) is 40.8 Å². The molecule has 2 aromatic carbocycles. The number of methoxy groups -OCH3 is 2. The minimum Gasteiger partial charge on any atom is -0.493 e. The van der Waals surface area contributed by atoms with Crippen molar-refractivity contribution in [3.8, 4) is 11.5 Å². The van der Waals surface area contributed by atoms with Crippen LogP contribution in [-0.2, 0) is 13.0 Å². The quantitative estimate of drug-likeness (QED) is 0.392. The zero-order valence-electron chi connectivity index (χ0n) is 17.4. The van der Waals surface area contributed by atoms with E-state index in [1.54, 1.807) is 20.3 Å². The molecule has 1 aliphatic heterocycles. The zero-order valence-corrected chi connectivity index (χ0v) is 19.6. The molecule has 1 saturated heterocycles. The van der Waals surface area contributed by atoms with Gasteiger partial charge in [0.1, 0.15) is 5.82 Å². The molecule has 1 heterocycles. The van der Waals surface area contributed by atoms with E-state index in [0.717, 1.165) is 55.5 Å². The molecule has 160 valence electrons. The van der Waals surface area contributed by atoms with E-state index >= 15 is 0 Å². The summed E-state index contributed by atoms with van der Waals surface area (Å²) in [5.41, 5.74) is 2.58. The van der Waals surface area contributed by atoms with Crippen LogP contribution in [0, 0.1) is 11.7 Å². The van der Waals surface area contributed by atoms with Crippen LogP contribution in [-0.4, -0.2) is 41.4 Å². The van der Waals surface area contributed by atoms with Crippen LogP contribution in [0.2, 0.25) is 0 Å². The van der Waals surface area contributed by atoms with Crippen molar-refractivity contribution in [3.63, 3.8) is 0 Å². The van der Waals surface area contributed by atoms with Gasteiger partial charge in [-0.25, -0.2) is 4.39 Å². The Kier molecular flexibility index (Phi) is 6.34. The summed E-state index contributed by atoms with van der Waals surface area (Å²) in [7, 11) is 3.21. The maximum absolute atomic E-state index is 14.0. The van der Waals surface area contributed by atoms with Crippen molar-refractivity contribution in [3.05, 3.63) is 58.9 Å². The van der Waals surface area contributed by atoms with Crippen LogP contribution in [0.1, 0.15) is 40.7 Å². The van der Waals surface area contributed by atoms with Crippen molar-refractivity contribution in [2.45, 2.75) is 35.6 Å². The number of hydrogen-bond acceptors (Lipinski definition) is 4. The fourth-order valence-corrected chi connectivity index (χ4v) is 5.70. The fourth-order valence-electron chi connectivity index (χ4n) is 4.69. The van der Waals surface area contributed by atoms with Crippen molar-refractivity contribution < 1.29 is 18.7 Å². The summed E-state index contributed by atoms with van der Waals surface area (Å²) in [5.74, 6) is 1.37. The molecular weight excluding hydrogens is 496 g/mol. The van der Waals surface area contributed by atoms with Crippen LogP contribution in [0.25, 0.3) is 0 Å². The number of piperidine rings is 1. The number of alkyl halides is 1. The van der Waals surface area contributed by atoms with E-state index in [2.05, 4.69) is 27.5 Å². The Morgan fingerprint density at radius 2 is 1.80 bits per heavy atom. The van der Waals surface area contributed by atoms with Crippen molar-refractivity contribution in [2.75, 3.05) is 27.3 Å². The minimum absolute atomic E-state index is 0.00632. The highest BCUT2D eigenvalue weighted by atomic mass is 127. The van der Waals surface area contributed by atoms with Crippen molar-refractivity contribution in [1.82, 2.24) is 4.90 Å². The van der Waals surface area contributed by atoms with Gasteiger partial charge >= 0.3 is 0 Å². The lowest BCUT2D eigenvalue weighted by molar-refractivity contribution is 0.0911. The monoisotopic (exact) mass is 523 g/mol. The van der Waals surface area contributed by atoms with Crippen molar-refractivity contribution in [2.24, 2.45) is 5.92 Å². The first-order chi connectivity index (χ1) is 14.4. The number of hydrogen-bond donors (Lipinski definition) is 0. The van der Waals surface area contributed by atoms with E-state index in [1.165, 1.54) is 6.07 Å². The number of Topliss-reactive ketones (excluding diaryl/α,β-unsaturated/α-hetero) is 1. The summed E-state index contributed by atoms with van der Waals surface area (Å²) >= 11 is 2.56. The standard InChI is InChI=1S/C24H27FINO3/c1-29-21-12-17-11-18(23(28)19(17)13-22(21)30-2)14-24(26)7-9-27(10-8-24)15-16-5-3-4-6-20(16)25/h3-6,12-13,18H,7-11,14-15H2,1-2H3. The molecule has 0 radical (unpaired) electrons. The maximum Gasteiger partial charge on any atom is 0.166 e. The molecule has 0 N–H and O–H groups in total. The summed E-state index contributed by atoms with van der Waals surface area (Å²) in [5, 5.41) is 0. The number of likely N-dealkylation sites (tertiary alicyclic amines) is 1. The van der Waals surface area contributed by atoms with Gasteiger partial charge in [0, 0.05) is 27.0 Å². The number of benzene rings is 2. The second kappa shape index (κ2) is 8.83. The first-order valence-corrected chi connectivity index (χ1v) is 11.4. The number of ether oxygens (including phenoxy) is 2. The number of halogens is 2. The van der Waals surface area contributed by atoms with Gasteiger partial charge in [-0.2, -0.15) is 0 Å². The number of carbonyl (C=O) groups excluding carboxylic acids is 1. The van der Waals surface area contributed by atoms with Gasteiger partial charge in [0.25, 0.3) is 0 Å². The number of rotatable bonds is 6. The molecule has 0 aromatic heterocycles. The first-order valence-electron chi connectivity index (χ1n) is 10.4. The van der Waals surface area contributed by atoms with Gasteiger partial charge in [-0.05, 0) is 62.5 Å². The summed E-state index contributed by atoms with van der Waals surface area (Å²) in [6, 6.07) is 10.8. The summed E-state index contributed by atoms with van der Waals surface area (Å²) < 4.78 is 24.8. The number of ketones is 1. The van der Waals surface area contributed by atoms with E-state index in [-0.39, 0.29) is 20.9 Å². The smallest absolute Gasteiger partial charge is 0.166 e. The largest absolute Gasteiger partial charge is 0.493 e. The second-order valence-electron chi connectivity index (χ2n) is 8.35. The minimum atomic E-state index is -0.135. The van der Waals surface area contributed by atoms with E-state index < -0.39 is 0 Å². The van der Waals surface area contributed by atoms with Gasteiger partial charge in [-0.3, -0.25) is 9.69 Å². The molecule has 0 saturated carbocycles. The normalized spacial score (nSPS) is 20.8. The molecular formula is C24H27FINO3. The van der Waals surface area contributed by atoms with Gasteiger partial charge in [0.15, 0.2) is 17.3 Å². The highest BCUT2D eigenvalue weighted by molar-refractivity contribution is 14.1. The molecule has 1 unspecified atom stereocenters. The van der Waals surface area contributed by atoms with E-state index in [9.17, 15) is 9.18 Å². The topological polar surface area (TPSA) is 38.8 Å². The predicted octanol–water partition coefficient (Wildman–Crippen LogP) is 5.06. The van der Waals surface area contributed by atoms with Crippen LogP contribution in [0.15, 0.2) is 36.4 Å². The second-order valence-corrected chi connectivity index (χ2v) is 10.6. The third kappa shape index (κ3) is 4.35. The first kappa shape index (κ1) is 21.6. The predicted molar refractivity (Wildman–Crippen MR) is 123 cm³/mol. The Labute approximate surface area is 190 Å². The molecule has 4 nitrogen and oxygen atoms in total. The van der Waals surface area contributed by atoms with Crippen LogP contribution >= 0.6 is 22.6 Å². The Bertz CT molecular complexity index is 940. The molecule has 0 bridgehead atoms. The Morgan fingerprint density at radius 1 is 1.13 bits per heavy atom. The van der Waals surface area contributed by atoms with Crippen LogP contribution < -0.4 is 9.47 Å². The van der Waals surface area contributed by atoms with E-state index in [1.807, 2.05) is 24.3 Å². The third-order valence-corrected chi connectivity index (χ3v) is 7.95. The number of nitrogens with zero attached hydrogens (tertiary/aromatic N) is 1. The highest BCUT2D eigenvalue weighted by Gasteiger charge is 2.40. The van der Waals surface area contributed by atoms with Gasteiger partial charge < -0.3 is 9.47 Å². The van der Waals surface area contributed by atoms with Crippen LogP contribution in [0.5, 0.6) is 11.5 Å². The van der Waals surface area contributed by atoms with Crippen molar-refractivity contribution >= 4 is 28.4 Å². The summed E-state index contributed by atoms with van der Waals surface area (Å²) in [6.07, 6.45) is 3.65. The number of carbonyl (C=O) groups is 1. The molecule has 2 aliphatic rings. The van der Waals surface area contributed by atoms with Crippen LogP contribution in [0.4, 0.5) is 4.39 Å². The number of fused-ring (bicyclic) bond motifs is 1. The molecule has 4 rings (SSSR count). The van der Waals surface area contributed by atoms with E-state index in [4.69, 9.17) is 9.47 Å². The Balaban J connectivity index is 1.39. The lowest BCUT2D eigenvalue weighted by Gasteiger charge is -2.39. The molecule has 2 aromatic rings. The molecule has 1 fully saturated rings. The van der Waals surface area contributed by atoms with E-state index in [0.29, 0.717) is 18.0 Å². The summed E-state index contributed by atoms with van der Waals surface area (Å²) in [4.78, 5) is 15.4. The molecule has 30 heavy (non-hydrogen) atoms. The Morgan fingerprint density at radius 3 is 2.47 bits per heavy atom. The fraction of sp³-hybridized carbons (Fsp3) is 0.458. The highest BCUT2D eigenvalue weighted by Crippen LogP contribution is 2.44. The Hall–Kier alpha value is -1.67. The SMILES string of the molecule is COc1cc2c(cc1OC)C(=O)C(CC1(I)CCN(Cc3ccccc3F)CC1)C2. The lowest BCUT2D eigenvalue weighted by atomic mass is 9.85. The van der Waals surface area contributed by atoms with Gasteiger partial charge in [0.05, 0.1) is 14.2 Å². The molecule has 1 aliphatic carbocycles. The molecule has 6 heteroatoms. The molecule has 1 atom stereocenters. The zero-order chi connectivity index (χ0) is 21.3. The molecule has 0 spiro atoms. The average molecular weight is 523 g/mol. The average Bonchev–Trinajstić information content (AvgIpc) is 3.04.